The highest BCUT2D eigenvalue weighted by molar-refractivity contribution is 6.71. The topological polar surface area (TPSA) is 29.5 Å². The van der Waals surface area contributed by atoms with Crippen LogP contribution in [0.25, 0.3) is 11.0 Å². The second-order valence-corrected chi connectivity index (χ2v) is 4.29. The molecule has 0 spiro atoms. The van der Waals surface area contributed by atoms with Crippen molar-refractivity contribution in [2.75, 3.05) is 6.61 Å². The first-order chi connectivity index (χ1) is 8.86. The lowest BCUT2D eigenvalue weighted by atomic mass is 9.73. The van der Waals surface area contributed by atoms with E-state index >= 15 is 0 Å². The Balaban J connectivity index is 2.13. The highest BCUT2D eigenvalue weighted by Gasteiger charge is 2.31. The zero-order valence-corrected chi connectivity index (χ0v) is 9.91. The van der Waals surface area contributed by atoms with E-state index in [1.165, 1.54) is 0 Å². The van der Waals surface area contributed by atoms with Crippen molar-refractivity contribution in [3.8, 4) is 0 Å². The number of hydrogen-bond donors (Lipinski definition) is 1. The molecule has 2 aromatic rings. The first kappa shape index (κ1) is 11.3. The second-order valence-electron chi connectivity index (χ2n) is 4.29. The zero-order valence-electron chi connectivity index (χ0n) is 9.91. The molecule has 1 aliphatic heterocycles. The highest BCUT2D eigenvalue weighted by Crippen LogP contribution is 2.33. The van der Waals surface area contributed by atoms with E-state index in [0.717, 1.165) is 22.2 Å². The lowest BCUT2D eigenvalue weighted by Crippen LogP contribution is -2.14. The van der Waals surface area contributed by atoms with E-state index in [2.05, 4.69) is 0 Å². The molecule has 0 radical (unpaired) electrons. The average Bonchev–Trinajstić information content (AvgIpc) is 2.83. The third-order valence-corrected chi connectivity index (χ3v) is 3.16. The van der Waals surface area contributed by atoms with E-state index in [1.807, 2.05) is 60.7 Å². The minimum atomic E-state index is -0.831. The van der Waals surface area contributed by atoms with Gasteiger partial charge in [0.25, 0.3) is 0 Å². The van der Waals surface area contributed by atoms with Gasteiger partial charge in [0, 0.05) is 0 Å². The van der Waals surface area contributed by atoms with E-state index in [1.54, 1.807) is 0 Å². The van der Waals surface area contributed by atoms with Crippen LogP contribution in [0.15, 0.2) is 60.7 Å². The third kappa shape index (κ3) is 1.99. The molecule has 0 aliphatic carbocycles. The molecule has 0 atom stereocenters. The molecule has 0 saturated carbocycles. The smallest absolute Gasteiger partial charge is 0.423 e. The Morgan fingerprint density at radius 1 is 0.833 bits per heavy atom. The monoisotopic (exact) mass is 236 g/mol. The minimum Gasteiger partial charge on any atom is -0.423 e. The Labute approximate surface area is 107 Å². The van der Waals surface area contributed by atoms with Gasteiger partial charge in [0.2, 0.25) is 0 Å². The molecule has 0 fully saturated rings. The summed E-state index contributed by atoms with van der Waals surface area (Å²) in [5, 5.41) is 9.99. The predicted octanol–water partition coefficient (Wildman–Crippen LogP) is 2.65. The Hall–Kier alpha value is -1.84. The van der Waals surface area contributed by atoms with Gasteiger partial charge in [-0.1, -0.05) is 60.7 Å². The summed E-state index contributed by atoms with van der Waals surface area (Å²) in [6.07, 6.45) is 0. The van der Waals surface area contributed by atoms with Crippen LogP contribution < -0.4 is 0 Å². The molecule has 2 nitrogen and oxygen atoms in total. The van der Waals surface area contributed by atoms with Gasteiger partial charge >= 0.3 is 7.12 Å². The van der Waals surface area contributed by atoms with Crippen molar-refractivity contribution in [2.45, 2.75) is 0 Å². The first-order valence-corrected chi connectivity index (χ1v) is 6.00. The molecule has 2 aromatic carbocycles. The van der Waals surface area contributed by atoms with Gasteiger partial charge in [0.15, 0.2) is 0 Å². The van der Waals surface area contributed by atoms with Crippen molar-refractivity contribution in [1.29, 1.82) is 0 Å². The summed E-state index contributed by atoms with van der Waals surface area (Å²) in [7, 11) is -0.831. The van der Waals surface area contributed by atoms with Crippen molar-refractivity contribution < 1.29 is 9.68 Å². The van der Waals surface area contributed by atoms with Gasteiger partial charge in [0.1, 0.15) is 0 Å². The van der Waals surface area contributed by atoms with Crippen LogP contribution in [0.2, 0.25) is 0 Å². The maximum Gasteiger partial charge on any atom is 0.492 e. The maximum atomic E-state index is 9.99. The largest absolute Gasteiger partial charge is 0.492 e. The molecule has 1 N–H and O–H groups in total. The fourth-order valence-electron chi connectivity index (χ4n) is 2.29. The van der Waals surface area contributed by atoms with Crippen molar-refractivity contribution in [3.63, 3.8) is 0 Å². The van der Waals surface area contributed by atoms with Gasteiger partial charge in [-0.15, -0.1) is 0 Å². The second kappa shape index (κ2) is 4.80. The lowest BCUT2D eigenvalue weighted by Gasteiger charge is -2.07. The molecular formula is C15H13BO2. The number of rotatable bonds is 2. The van der Waals surface area contributed by atoms with Gasteiger partial charge in [0.05, 0.1) is 6.61 Å². The SMILES string of the molecule is OB1OCC(c2ccccc2)=C1c1ccccc1. The van der Waals surface area contributed by atoms with Gasteiger partial charge in [-0.2, -0.15) is 0 Å². The summed E-state index contributed by atoms with van der Waals surface area (Å²) >= 11 is 0. The first-order valence-electron chi connectivity index (χ1n) is 6.00. The van der Waals surface area contributed by atoms with Gasteiger partial charge in [-0.05, 0) is 22.2 Å². The van der Waals surface area contributed by atoms with Crippen molar-refractivity contribution in [1.82, 2.24) is 0 Å². The maximum absolute atomic E-state index is 9.99. The van der Waals surface area contributed by atoms with Crippen LogP contribution in [0, 0.1) is 0 Å². The van der Waals surface area contributed by atoms with Crippen LogP contribution >= 0.6 is 0 Å². The molecule has 3 rings (SSSR count). The van der Waals surface area contributed by atoms with E-state index in [4.69, 9.17) is 4.65 Å². The number of hydrogen-bond acceptors (Lipinski definition) is 2. The van der Waals surface area contributed by atoms with Crippen LogP contribution in [0.4, 0.5) is 0 Å². The summed E-state index contributed by atoms with van der Waals surface area (Å²) in [4.78, 5) is 0. The number of benzene rings is 2. The quantitative estimate of drug-likeness (QED) is 0.812. The molecule has 0 aromatic heterocycles. The Bertz CT molecular complexity index is 564. The predicted molar refractivity (Wildman–Crippen MR) is 73.6 cm³/mol. The third-order valence-electron chi connectivity index (χ3n) is 3.16. The van der Waals surface area contributed by atoms with Gasteiger partial charge < -0.3 is 9.68 Å². The van der Waals surface area contributed by atoms with Crippen LogP contribution in [0.5, 0.6) is 0 Å². The summed E-state index contributed by atoms with van der Waals surface area (Å²) in [6, 6.07) is 20.0. The molecule has 0 unspecified atom stereocenters. The highest BCUT2D eigenvalue weighted by atomic mass is 16.5. The van der Waals surface area contributed by atoms with E-state index in [9.17, 15) is 5.02 Å². The molecule has 3 heteroatoms. The molecule has 18 heavy (non-hydrogen) atoms. The average molecular weight is 236 g/mol. The Kier molecular flexibility index (Phi) is 3.01. The summed E-state index contributed by atoms with van der Waals surface area (Å²) in [5.41, 5.74) is 4.06. The standard InChI is InChI=1S/C15H13BO2/c17-16-15(13-9-5-2-6-10-13)14(11-18-16)12-7-3-1-4-8-12/h1-10,17H,11H2. The molecule has 0 bridgehead atoms. The fourth-order valence-corrected chi connectivity index (χ4v) is 2.29. The Morgan fingerprint density at radius 3 is 2.00 bits per heavy atom. The Morgan fingerprint density at radius 2 is 1.39 bits per heavy atom. The van der Waals surface area contributed by atoms with E-state index in [-0.39, 0.29) is 0 Å². The normalized spacial score (nSPS) is 15.3. The van der Waals surface area contributed by atoms with Gasteiger partial charge in [-0.3, -0.25) is 0 Å². The molecule has 0 saturated heterocycles. The zero-order chi connectivity index (χ0) is 12.4. The summed E-state index contributed by atoms with van der Waals surface area (Å²) in [6.45, 7) is 0.454. The van der Waals surface area contributed by atoms with E-state index < -0.39 is 7.12 Å². The molecule has 1 aliphatic rings. The van der Waals surface area contributed by atoms with Crippen LogP contribution in [0.3, 0.4) is 0 Å². The van der Waals surface area contributed by atoms with Crippen LogP contribution in [0.1, 0.15) is 11.1 Å². The van der Waals surface area contributed by atoms with Crippen molar-refractivity contribution in [2.24, 2.45) is 0 Å². The summed E-state index contributed by atoms with van der Waals surface area (Å²) < 4.78 is 5.37. The fraction of sp³-hybridized carbons (Fsp3) is 0.0667. The molecule has 88 valence electrons. The van der Waals surface area contributed by atoms with Crippen molar-refractivity contribution >= 4 is 18.2 Å². The summed E-state index contributed by atoms with van der Waals surface area (Å²) in [5.74, 6) is 0. The minimum absolute atomic E-state index is 0.454. The molecule has 1 heterocycles. The van der Waals surface area contributed by atoms with Crippen LogP contribution in [-0.4, -0.2) is 18.7 Å². The lowest BCUT2D eigenvalue weighted by molar-refractivity contribution is 0.320. The van der Waals surface area contributed by atoms with Crippen molar-refractivity contribution in [3.05, 3.63) is 71.8 Å². The van der Waals surface area contributed by atoms with E-state index in [0.29, 0.717) is 6.61 Å². The molecular weight excluding hydrogens is 223 g/mol. The van der Waals surface area contributed by atoms with Crippen LogP contribution in [-0.2, 0) is 4.65 Å². The van der Waals surface area contributed by atoms with Gasteiger partial charge in [-0.25, -0.2) is 0 Å². The molecule has 0 amide bonds.